The van der Waals surface area contributed by atoms with Crippen LogP contribution in [-0.4, -0.2) is 24.3 Å². The van der Waals surface area contributed by atoms with E-state index in [0.29, 0.717) is 0 Å². The third kappa shape index (κ3) is 3.28. The summed E-state index contributed by atoms with van der Waals surface area (Å²) in [5.74, 6) is 0. The summed E-state index contributed by atoms with van der Waals surface area (Å²) in [7, 11) is 0. The van der Waals surface area contributed by atoms with Crippen molar-refractivity contribution in [2.24, 2.45) is 5.73 Å². The average Bonchev–Trinajstić information content (AvgIpc) is 2.30. The summed E-state index contributed by atoms with van der Waals surface area (Å²) in [6, 6.07) is 8.47. The normalized spacial score (nSPS) is 21.1. The largest absolute Gasteiger partial charge is 0.326 e. The van der Waals surface area contributed by atoms with E-state index in [4.69, 9.17) is 10.6 Å². The SMILES string of the molecule is CC(N)C(c1cccc(Br)c1)N1CCCCO1. The van der Waals surface area contributed by atoms with Gasteiger partial charge in [0.2, 0.25) is 0 Å². The first-order chi connectivity index (χ1) is 8.18. The van der Waals surface area contributed by atoms with Crippen LogP contribution in [0, 0.1) is 0 Å². The molecule has 2 rings (SSSR count). The Labute approximate surface area is 111 Å². The highest BCUT2D eigenvalue weighted by Crippen LogP contribution is 2.28. The molecule has 94 valence electrons. The highest BCUT2D eigenvalue weighted by Gasteiger charge is 2.26. The van der Waals surface area contributed by atoms with E-state index >= 15 is 0 Å². The summed E-state index contributed by atoms with van der Waals surface area (Å²) in [6.45, 7) is 3.79. The molecule has 1 fully saturated rings. The van der Waals surface area contributed by atoms with Crippen molar-refractivity contribution >= 4 is 15.9 Å². The Morgan fingerprint density at radius 3 is 2.82 bits per heavy atom. The Balaban J connectivity index is 2.21. The Morgan fingerprint density at radius 2 is 2.24 bits per heavy atom. The molecule has 0 bridgehead atoms. The molecule has 2 unspecified atom stereocenters. The van der Waals surface area contributed by atoms with E-state index in [1.807, 2.05) is 24.1 Å². The van der Waals surface area contributed by atoms with Gasteiger partial charge in [0.1, 0.15) is 0 Å². The van der Waals surface area contributed by atoms with E-state index in [0.717, 1.165) is 24.0 Å². The predicted molar refractivity (Wildman–Crippen MR) is 72.4 cm³/mol. The minimum absolute atomic E-state index is 0.0439. The van der Waals surface area contributed by atoms with Crippen LogP contribution in [0.3, 0.4) is 0 Å². The number of rotatable bonds is 3. The molecule has 0 aliphatic carbocycles. The van der Waals surface area contributed by atoms with Crippen LogP contribution in [0.15, 0.2) is 28.7 Å². The molecule has 2 atom stereocenters. The minimum Gasteiger partial charge on any atom is -0.326 e. The fourth-order valence-electron chi connectivity index (χ4n) is 2.26. The zero-order chi connectivity index (χ0) is 12.3. The van der Waals surface area contributed by atoms with Crippen LogP contribution >= 0.6 is 15.9 Å². The minimum atomic E-state index is 0.0439. The van der Waals surface area contributed by atoms with Crippen molar-refractivity contribution in [1.29, 1.82) is 0 Å². The maximum Gasteiger partial charge on any atom is 0.0750 e. The third-order valence-corrected chi connectivity index (χ3v) is 3.52. The molecule has 0 saturated carbocycles. The molecule has 1 aliphatic rings. The van der Waals surface area contributed by atoms with Crippen LogP contribution in [0.1, 0.15) is 31.4 Å². The summed E-state index contributed by atoms with van der Waals surface area (Å²) in [4.78, 5) is 5.73. The van der Waals surface area contributed by atoms with Crippen LogP contribution in [-0.2, 0) is 4.84 Å². The quantitative estimate of drug-likeness (QED) is 0.932. The molecular formula is C13H19BrN2O. The fraction of sp³-hybridized carbons (Fsp3) is 0.538. The number of hydrogen-bond donors (Lipinski definition) is 1. The van der Waals surface area contributed by atoms with Crippen molar-refractivity contribution in [3.63, 3.8) is 0 Å². The molecule has 1 aromatic carbocycles. The van der Waals surface area contributed by atoms with Gasteiger partial charge in [0, 0.05) is 17.1 Å². The molecule has 0 aromatic heterocycles. The lowest BCUT2D eigenvalue weighted by Gasteiger charge is -2.36. The van der Waals surface area contributed by atoms with Crippen molar-refractivity contribution in [1.82, 2.24) is 5.06 Å². The summed E-state index contributed by atoms with van der Waals surface area (Å²) < 4.78 is 1.08. The number of hydroxylamine groups is 2. The highest BCUT2D eigenvalue weighted by atomic mass is 79.9. The Bertz CT molecular complexity index is 364. The molecule has 2 N–H and O–H groups in total. The van der Waals surface area contributed by atoms with Gasteiger partial charge in [0.15, 0.2) is 0 Å². The van der Waals surface area contributed by atoms with E-state index in [1.54, 1.807) is 0 Å². The standard InChI is InChI=1S/C13H19BrN2O/c1-10(15)13(16-7-2-3-8-17-16)11-5-4-6-12(14)9-11/h4-6,9-10,13H,2-3,7-8,15H2,1H3. The van der Waals surface area contributed by atoms with Crippen molar-refractivity contribution in [2.45, 2.75) is 31.8 Å². The molecule has 1 saturated heterocycles. The summed E-state index contributed by atoms with van der Waals surface area (Å²) in [5, 5.41) is 2.04. The third-order valence-electron chi connectivity index (χ3n) is 3.03. The van der Waals surface area contributed by atoms with Crippen molar-refractivity contribution in [3.05, 3.63) is 34.3 Å². The Kier molecular flexibility index (Phi) is 4.56. The second kappa shape index (κ2) is 5.96. The van der Waals surface area contributed by atoms with Gasteiger partial charge >= 0.3 is 0 Å². The topological polar surface area (TPSA) is 38.5 Å². The van der Waals surface area contributed by atoms with Gasteiger partial charge in [0.25, 0.3) is 0 Å². The first-order valence-corrected chi connectivity index (χ1v) is 6.88. The number of nitrogens with two attached hydrogens (primary N) is 1. The molecule has 1 aromatic rings. The van der Waals surface area contributed by atoms with Crippen molar-refractivity contribution in [2.75, 3.05) is 13.2 Å². The van der Waals surface area contributed by atoms with Crippen LogP contribution in [0.2, 0.25) is 0 Å². The van der Waals surface area contributed by atoms with Crippen LogP contribution in [0.4, 0.5) is 0 Å². The summed E-state index contributed by atoms with van der Waals surface area (Å²) in [5.41, 5.74) is 7.32. The molecular weight excluding hydrogens is 280 g/mol. The fourth-order valence-corrected chi connectivity index (χ4v) is 2.68. The maximum atomic E-state index is 6.11. The Morgan fingerprint density at radius 1 is 1.41 bits per heavy atom. The van der Waals surface area contributed by atoms with Gasteiger partial charge in [-0.05, 0) is 37.5 Å². The zero-order valence-corrected chi connectivity index (χ0v) is 11.7. The van der Waals surface area contributed by atoms with Gasteiger partial charge in [0.05, 0.1) is 12.6 Å². The molecule has 4 heteroatoms. The van der Waals surface area contributed by atoms with Gasteiger partial charge in [-0.2, -0.15) is 5.06 Å². The van der Waals surface area contributed by atoms with Gasteiger partial charge in [-0.1, -0.05) is 28.1 Å². The van der Waals surface area contributed by atoms with Crippen molar-refractivity contribution < 1.29 is 4.84 Å². The smallest absolute Gasteiger partial charge is 0.0750 e. The van der Waals surface area contributed by atoms with Gasteiger partial charge in [-0.25, -0.2) is 0 Å². The molecule has 0 radical (unpaired) electrons. The Hall–Kier alpha value is -0.420. The molecule has 1 aliphatic heterocycles. The van der Waals surface area contributed by atoms with Gasteiger partial charge in [-0.15, -0.1) is 0 Å². The molecule has 0 amide bonds. The summed E-state index contributed by atoms with van der Waals surface area (Å²) in [6.07, 6.45) is 2.32. The summed E-state index contributed by atoms with van der Waals surface area (Å²) >= 11 is 3.50. The molecule has 17 heavy (non-hydrogen) atoms. The molecule has 0 spiro atoms. The second-order valence-electron chi connectivity index (χ2n) is 4.54. The van der Waals surface area contributed by atoms with Gasteiger partial charge in [-0.3, -0.25) is 4.84 Å². The first-order valence-electron chi connectivity index (χ1n) is 6.09. The van der Waals surface area contributed by atoms with E-state index in [-0.39, 0.29) is 12.1 Å². The zero-order valence-electron chi connectivity index (χ0n) is 10.1. The maximum absolute atomic E-state index is 6.11. The lowest BCUT2D eigenvalue weighted by molar-refractivity contribution is -0.211. The lowest BCUT2D eigenvalue weighted by Crippen LogP contribution is -2.42. The number of hydrogen-bond acceptors (Lipinski definition) is 3. The first kappa shape index (κ1) is 13.0. The van der Waals surface area contributed by atoms with E-state index < -0.39 is 0 Å². The predicted octanol–water partition coefficient (Wildman–Crippen LogP) is 2.86. The van der Waals surface area contributed by atoms with Crippen LogP contribution < -0.4 is 5.73 Å². The average molecular weight is 299 g/mol. The second-order valence-corrected chi connectivity index (χ2v) is 5.46. The van der Waals surface area contributed by atoms with Crippen LogP contribution in [0.5, 0.6) is 0 Å². The van der Waals surface area contributed by atoms with E-state index in [9.17, 15) is 0 Å². The number of halogens is 1. The monoisotopic (exact) mass is 298 g/mol. The highest BCUT2D eigenvalue weighted by molar-refractivity contribution is 9.10. The van der Waals surface area contributed by atoms with E-state index in [2.05, 4.69) is 28.1 Å². The van der Waals surface area contributed by atoms with Crippen LogP contribution in [0.25, 0.3) is 0 Å². The molecule has 3 nitrogen and oxygen atoms in total. The number of nitrogens with zero attached hydrogens (tertiary/aromatic N) is 1. The molecule has 1 heterocycles. The van der Waals surface area contributed by atoms with Gasteiger partial charge < -0.3 is 5.73 Å². The lowest BCUT2D eigenvalue weighted by atomic mass is 10.0. The number of benzene rings is 1. The van der Waals surface area contributed by atoms with Crippen molar-refractivity contribution in [3.8, 4) is 0 Å². The van der Waals surface area contributed by atoms with E-state index in [1.165, 1.54) is 12.0 Å².